The standard InChI is InChI=1S/C25H26FN7O9/c1-8(34)10-2-11(13(26)3-14(10)27)18-16-21(42-32-23(16)29)12(5-30-18)9-4-31-33(6-9)7-15(40-25(38)39)22-20(36)19(35)17(28)24(37)41-22/h2-6,15,17,19-20,22,24,35-37H,7,27-28H2,1H3,(H2,29,32)(H,38,39)/t15?,17-,19-,20+,22+,24?/m1/s1. The summed E-state index contributed by atoms with van der Waals surface area (Å²) in [6.45, 7) is 0.970. The molecule has 1 aliphatic heterocycles. The van der Waals surface area contributed by atoms with Gasteiger partial charge in [-0.15, -0.1) is 0 Å². The third-order valence-electron chi connectivity index (χ3n) is 6.93. The van der Waals surface area contributed by atoms with Gasteiger partial charge in [0.25, 0.3) is 0 Å². The molecule has 2 unspecified atom stereocenters. The Morgan fingerprint density at radius 1 is 1.17 bits per heavy atom. The maximum absolute atomic E-state index is 15.0. The number of nitrogen functional groups attached to an aromatic ring is 2. The SMILES string of the molecule is CC(=O)c1cc(-c2ncc(-c3cnn(CC(OC(=O)O)[C@@H]4OC(O)[C@H](N)[C@@H](O)[C@@H]4O)c3)c3onc(N)c23)c(F)cc1N. The number of anilines is 2. The second-order valence-corrected chi connectivity index (χ2v) is 9.69. The summed E-state index contributed by atoms with van der Waals surface area (Å²) in [7, 11) is 0. The average molecular weight is 588 g/mol. The molecule has 16 nitrogen and oxygen atoms in total. The molecule has 4 aromatic rings. The van der Waals surface area contributed by atoms with Gasteiger partial charge in [-0.25, -0.2) is 9.18 Å². The number of ketones is 1. The number of Topliss-reactive ketones (excluding diaryl/α,β-unsaturated/α-hetero) is 1. The molecule has 5 rings (SSSR count). The van der Waals surface area contributed by atoms with Crippen LogP contribution in [0.4, 0.5) is 20.7 Å². The van der Waals surface area contributed by atoms with Crippen LogP contribution in [0.25, 0.3) is 33.4 Å². The lowest BCUT2D eigenvalue weighted by Crippen LogP contribution is -2.64. The minimum Gasteiger partial charge on any atom is -0.450 e. The van der Waals surface area contributed by atoms with Crippen LogP contribution < -0.4 is 17.2 Å². The number of carbonyl (C=O) groups is 2. The molecule has 222 valence electrons. The van der Waals surface area contributed by atoms with E-state index in [0.29, 0.717) is 11.1 Å². The molecule has 0 spiro atoms. The molecule has 0 radical (unpaired) electrons. The van der Waals surface area contributed by atoms with Crippen LogP contribution in [0, 0.1) is 5.82 Å². The fourth-order valence-corrected chi connectivity index (χ4v) is 4.81. The molecule has 17 heteroatoms. The van der Waals surface area contributed by atoms with Crippen LogP contribution in [0.5, 0.6) is 0 Å². The number of hydrogen-bond acceptors (Lipinski definition) is 14. The molecule has 1 saturated heterocycles. The van der Waals surface area contributed by atoms with Crippen LogP contribution in [-0.4, -0.2) is 89.0 Å². The Morgan fingerprint density at radius 2 is 1.90 bits per heavy atom. The van der Waals surface area contributed by atoms with Gasteiger partial charge in [0.2, 0.25) is 0 Å². The van der Waals surface area contributed by atoms with Gasteiger partial charge in [-0.3, -0.25) is 14.5 Å². The van der Waals surface area contributed by atoms with Gasteiger partial charge < -0.3 is 51.6 Å². The lowest BCUT2D eigenvalue weighted by Gasteiger charge is -2.41. The summed E-state index contributed by atoms with van der Waals surface area (Å²) in [5.41, 5.74) is 18.3. The Labute approximate surface area is 235 Å². The molecule has 1 aliphatic rings. The Bertz CT molecular complexity index is 1680. The van der Waals surface area contributed by atoms with Gasteiger partial charge in [-0.2, -0.15) is 5.10 Å². The fraction of sp³-hybridized carbons (Fsp3) is 0.320. The quantitative estimate of drug-likeness (QED) is 0.0857. The zero-order valence-corrected chi connectivity index (χ0v) is 21.8. The van der Waals surface area contributed by atoms with E-state index in [1.54, 1.807) is 0 Å². The van der Waals surface area contributed by atoms with Crippen molar-refractivity contribution in [3.63, 3.8) is 0 Å². The summed E-state index contributed by atoms with van der Waals surface area (Å²) >= 11 is 0. The average Bonchev–Trinajstić information content (AvgIpc) is 3.55. The zero-order chi connectivity index (χ0) is 30.5. The van der Waals surface area contributed by atoms with Gasteiger partial charge in [0, 0.05) is 40.3 Å². The summed E-state index contributed by atoms with van der Waals surface area (Å²) in [6.07, 6.45) is -5.46. The Morgan fingerprint density at radius 3 is 2.60 bits per heavy atom. The first-order chi connectivity index (χ1) is 19.9. The van der Waals surface area contributed by atoms with Gasteiger partial charge in [-0.05, 0) is 19.1 Å². The van der Waals surface area contributed by atoms with Crippen molar-refractivity contribution in [1.82, 2.24) is 19.9 Å². The largest absolute Gasteiger partial charge is 0.506 e. The monoisotopic (exact) mass is 587 g/mol. The van der Waals surface area contributed by atoms with Crippen molar-refractivity contribution >= 4 is 34.4 Å². The van der Waals surface area contributed by atoms with Gasteiger partial charge >= 0.3 is 6.16 Å². The first kappa shape index (κ1) is 28.8. The number of carboxylic acid groups (broad SMARTS) is 1. The van der Waals surface area contributed by atoms with E-state index in [4.69, 9.17) is 31.2 Å². The molecular weight excluding hydrogens is 561 g/mol. The van der Waals surface area contributed by atoms with Crippen LogP contribution in [-0.2, 0) is 16.0 Å². The van der Waals surface area contributed by atoms with E-state index in [0.717, 1.165) is 6.07 Å². The maximum atomic E-state index is 15.0. The highest BCUT2D eigenvalue weighted by Gasteiger charge is 2.47. The molecule has 3 aromatic heterocycles. The van der Waals surface area contributed by atoms with E-state index in [1.165, 1.54) is 36.3 Å². The highest BCUT2D eigenvalue weighted by molar-refractivity contribution is 6.06. The van der Waals surface area contributed by atoms with Gasteiger partial charge in [-0.1, -0.05) is 5.16 Å². The van der Waals surface area contributed by atoms with E-state index in [2.05, 4.69) is 15.2 Å². The number of benzene rings is 1. The summed E-state index contributed by atoms with van der Waals surface area (Å²) in [5.74, 6) is -1.23. The topological polar surface area (TPSA) is 268 Å². The van der Waals surface area contributed by atoms with Crippen LogP contribution in [0.15, 0.2) is 35.2 Å². The minimum absolute atomic E-state index is 0.0366. The number of hydrogen-bond donors (Lipinski definition) is 7. The smallest absolute Gasteiger partial charge is 0.450 e. The van der Waals surface area contributed by atoms with Crippen molar-refractivity contribution in [2.24, 2.45) is 5.73 Å². The van der Waals surface area contributed by atoms with Crippen molar-refractivity contribution in [3.05, 3.63) is 42.1 Å². The number of aliphatic hydroxyl groups excluding tert-OH is 3. The van der Waals surface area contributed by atoms with Crippen LogP contribution in [0.3, 0.4) is 0 Å². The minimum atomic E-state index is -1.71. The van der Waals surface area contributed by atoms with E-state index in [1.807, 2.05) is 0 Å². The Hall–Kier alpha value is -4.68. The fourth-order valence-electron chi connectivity index (χ4n) is 4.81. The van der Waals surface area contributed by atoms with Crippen LogP contribution in [0.1, 0.15) is 17.3 Å². The molecule has 0 amide bonds. The number of aliphatic hydroxyl groups is 3. The number of rotatable bonds is 7. The lowest BCUT2D eigenvalue weighted by atomic mass is 9.94. The molecule has 0 aliphatic carbocycles. The molecule has 1 aromatic carbocycles. The summed E-state index contributed by atoms with van der Waals surface area (Å²) in [5, 5.41) is 47.9. The normalized spacial score (nSPS) is 23.1. The number of carbonyl (C=O) groups excluding carboxylic acids is 1. The second-order valence-electron chi connectivity index (χ2n) is 9.69. The predicted molar refractivity (Wildman–Crippen MR) is 141 cm³/mol. The number of nitrogens with zero attached hydrogens (tertiary/aromatic N) is 4. The third-order valence-corrected chi connectivity index (χ3v) is 6.93. The van der Waals surface area contributed by atoms with Crippen molar-refractivity contribution in [2.45, 2.75) is 50.2 Å². The van der Waals surface area contributed by atoms with Gasteiger partial charge in [0.15, 0.2) is 29.6 Å². The zero-order valence-electron chi connectivity index (χ0n) is 21.8. The van der Waals surface area contributed by atoms with E-state index in [9.17, 15) is 34.4 Å². The summed E-state index contributed by atoms with van der Waals surface area (Å²) in [6, 6.07) is 0.945. The van der Waals surface area contributed by atoms with Crippen molar-refractivity contribution in [1.29, 1.82) is 0 Å². The number of aromatic nitrogens is 4. The van der Waals surface area contributed by atoms with E-state index in [-0.39, 0.29) is 51.6 Å². The maximum Gasteiger partial charge on any atom is 0.506 e. The number of pyridine rings is 1. The highest BCUT2D eigenvalue weighted by atomic mass is 19.1. The third kappa shape index (κ3) is 5.10. The lowest BCUT2D eigenvalue weighted by molar-refractivity contribution is -0.264. The predicted octanol–water partition coefficient (Wildman–Crippen LogP) is 0.0889. The molecule has 0 saturated carbocycles. The van der Waals surface area contributed by atoms with Crippen molar-refractivity contribution in [3.8, 4) is 22.4 Å². The molecule has 1 fully saturated rings. The Kier molecular flexibility index (Phi) is 7.52. The Balaban J connectivity index is 1.50. The number of fused-ring (bicyclic) bond motifs is 1. The van der Waals surface area contributed by atoms with E-state index < -0.39 is 48.7 Å². The van der Waals surface area contributed by atoms with Crippen LogP contribution >= 0.6 is 0 Å². The molecule has 6 atom stereocenters. The second kappa shape index (κ2) is 11.0. The molecule has 0 bridgehead atoms. The number of ether oxygens (including phenoxy) is 2. The highest BCUT2D eigenvalue weighted by Crippen LogP contribution is 2.38. The van der Waals surface area contributed by atoms with Crippen LogP contribution in [0.2, 0.25) is 0 Å². The van der Waals surface area contributed by atoms with Gasteiger partial charge in [0.1, 0.15) is 24.1 Å². The number of halogens is 1. The van der Waals surface area contributed by atoms with Crippen molar-refractivity contribution < 1.29 is 48.4 Å². The molecular formula is C25H26FN7O9. The van der Waals surface area contributed by atoms with E-state index >= 15 is 0 Å². The summed E-state index contributed by atoms with van der Waals surface area (Å²) < 4.78 is 31.8. The first-order valence-electron chi connectivity index (χ1n) is 12.4. The number of nitrogens with two attached hydrogens (primary N) is 3. The summed E-state index contributed by atoms with van der Waals surface area (Å²) in [4.78, 5) is 27.7. The van der Waals surface area contributed by atoms with Crippen molar-refractivity contribution in [2.75, 3.05) is 11.5 Å². The van der Waals surface area contributed by atoms with Gasteiger partial charge in [0.05, 0.1) is 29.9 Å². The molecule has 42 heavy (non-hydrogen) atoms. The molecule has 4 heterocycles. The first-order valence-corrected chi connectivity index (χ1v) is 12.4. The molecule has 10 N–H and O–H groups in total.